The van der Waals surface area contributed by atoms with Crippen LogP contribution in [0.2, 0.25) is 0 Å². The van der Waals surface area contributed by atoms with Crippen molar-refractivity contribution in [3.05, 3.63) is 29.3 Å². The molecule has 2 aliphatic rings. The molecule has 0 atom stereocenters. The molecule has 0 spiro atoms. The summed E-state index contributed by atoms with van der Waals surface area (Å²) in [5.74, 6) is 1.33. The van der Waals surface area contributed by atoms with Crippen LogP contribution in [0.15, 0.2) is 18.2 Å². The number of likely N-dealkylation sites (tertiary alicyclic amines) is 1. The van der Waals surface area contributed by atoms with Gasteiger partial charge in [-0.1, -0.05) is 33.3 Å². The molecule has 25 heavy (non-hydrogen) atoms. The summed E-state index contributed by atoms with van der Waals surface area (Å²) in [7, 11) is 2.02. The third kappa shape index (κ3) is 9.24. The first kappa shape index (κ1) is 21.9. The fourth-order valence-electron chi connectivity index (χ4n) is 3.02. The van der Waals surface area contributed by atoms with E-state index in [0.717, 1.165) is 32.0 Å². The highest BCUT2D eigenvalue weighted by Gasteiger charge is 2.14. The normalized spacial score (nSPS) is 17.6. The minimum absolute atomic E-state index is 0.368. The van der Waals surface area contributed by atoms with Gasteiger partial charge in [-0.3, -0.25) is 0 Å². The summed E-state index contributed by atoms with van der Waals surface area (Å²) in [5, 5.41) is 15.6. The number of aromatic hydroxyl groups is 1. The van der Waals surface area contributed by atoms with Crippen LogP contribution >= 0.6 is 0 Å². The number of nitrogens with one attached hydrogen (secondary N) is 2. The lowest BCUT2D eigenvalue weighted by molar-refractivity contribution is 0.194. The maximum absolute atomic E-state index is 9.16. The lowest BCUT2D eigenvalue weighted by atomic mass is 9.99. The zero-order valence-corrected chi connectivity index (χ0v) is 16.8. The van der Waals surface area contributed by atoms with E-state index < -0.39 is 0 Å². The number of hydrogen-bond donors (Lipinski definition) is 3. The first-order valence-electron chi connectivity index (χ1n) is 9.99. The number of piperidine rings is 1. The third-order valence-corrected chi connectivity index (χ3v) is 4.63. The highest BCUT2D eigenvalue weighted by molar-refractivity contribution is 5.36. The van der Waals surface area contributed by atoms with Gasteiger partial charge in [0.05, 0.1) is 0 Å². The van der Waals surface area contributed by atoms with Crippen LogP contribution in [0.4, 0.5) is 0 Å². The van der Waals surface area contributed by atoms with Crippen molar-refractivity contribution < 1.29 is 5.11 Å². The number of likely N-dealkylation sites (N-methyl/N-ethyl adjacent to an activating group) is 1. The monoisotopic (exact) mass is 349 g/mol. The largest absolute Gasteiger partial charge is 0.508 e. The van der Waals surface area contributed by atoms with Crippen LogP contribution in [0, 0.1) is 5.92 Å². The average molecular weight is 350 g/mol. The molecule has 3 rings (SSSR count). The summed E-state index contributed by atoms with van der Waals surface area (Å²) in [5.41, 5.74) is 2.60. The summed E-state index contributed by atoms with van der Waals surface area (Å²) in [6.45, 7) is 13.5. The van der Waals surface area contributed by atoms with Gasteiger partial charge in [-0.25, -0.2) is 0 Å². The van der Waals surface area contributed by atoms with Crippen LogP contribution < -0.4 is 10.6 Å². The molecule has 0 unspecified atom stereocenters. The van der Waals surface area contributed by atoms with Crippen molar-refractivity contribution in [3.63, 3.8) is 0 Å². The molecule has 0 saturated carbocycles. The molecule has 2 heterocycles. The summed E-state index contributed by atoms with van der Waals surface area (Å²) < 4.78 is 0. The van der Waals surface area contributed by atoms with Gasteiger partial charge in [0.15, 0.2) is 0 Å². The molecule has 0 aromatic heterocycles. The summed E-state index contributed by atoms with van der Waals surface area (Å²) in [4.78, 5) is 2.55. The second-order valence-electron chi connectivity index (χ2n) is 7.21. The van der Waals surface area contributed by atoms with E-state index in [2.05, 4.69) is 36.3 Å². The molecule has 0 aliphatic carbocycles. The molecule has 4 heteroatoms. The van der Waals surface area contributed by atoms with Crippen molar-refractivity contribution in [2.75, 3.05) is 39.8 Å². The number of fused-ring (bicyclic) bond motifs is 1. The fraction of sp³-hybridized carbons (Fsp3) is 0.714. The second-order valence-corrected chi connectivity index (χ2v) is 7.21. The van der Waals surface area contributed by atoms with Gasteiger partial charge in [-0.05, 0) is 75.1 Å². The number of benzene rings is 1. The van der Waals surface area contributed by atoms with Gasteiger partial charge in [0, 0.05) is 19.6 Å². The van der Waals surface area contributed by atoms with Crippen LogP contribution in [0.5, 0.6) is 5.75 Å². The second kappa shape index (κ2) is 13.2. The summed E-state index contributed by atoms with van der Waals surface area (Å²) in [6.07, 6.45) is 5.11. The molecule has 4 nitrogen and oxygen atoms in total. The van der Waals surface area contributed by atoms with Crippen LogP contribution in [0.1, 0.15) is 51.2 Å². The predicted octanol–water partition coefficient (Wildman–Crippen LogP) is 3.39. The topological polar surface area (TPSA) is 47.5 Å². The van der Waals surface area contributed by atoms with E-state index >= 15 is 0 Å². The van der Waals surface area contributed by atoms with Crippen molar-refractivity contribution in [3.8, 4) is 5.75 Å². The highest BCUT2D eigenvalue weighted by atomic mass is 16.3. The first-order chi connectivity index (χ1) is 12.1. The van der Waals surface area contributed by atoms with E-state index in [4.69, 9.17) is 5.11 Å². The Balaban J connectivity index is 0.000000217. The van der Waals surface area contributed by atoms with E-state index in [1.165, 1.54) is 50.0 Å². The Morgan fingerprint density at radius 3 is 2.52 bits per heavy atom. The van der Waals surface area contributed by atoms with Crippen LogP contribution in [-0.2, 0) is 13.0 Å². The number of rotatable bonds is 3. The Kier molecular flexibility index (Phi) is 11.5. The van der Waals surface area contributed by atoms with Crippen LogP contribution in [-0.4, -0.2) is 49.8 Å². The minimum Gasteiger partial charge on any atom is -0.508 e. The average Bonchev–Trinajstić information content (AvgIpc) is 2.62. The third-order valence-electron chi connectivity index (χ3n) is 4.63. The molecular weight excluding hydrogens is 310 g/mol. The van der Waals surface area contributed by atoms with E-state index in [0.29, 0.717) is 5.75 Å². The number of hydrogen-bond acceptors (Lipinski definition) is 4. The van der Waals surface area contributed by atoms with E-state index in [-0.39, 0.29) is 0 Å². The van der Waals surface area contributed by atoms with E-state index in [9.17, 15) is 0 Å². The molecule has 1 aromatic rings. The quantitative estimate of drug-likeness (QED) is 0.783. The maximum atomic E-state index is 9.16. The van der Waals surface area contributed by atoms with E-state index in [1.807, 2.05) is 19.2 Å². The molecule has 1 aromatic carbocycles. The van der Waals surface area contributed by atoms with Gasteiger partial charge >= 0.3 is 0 Å². The lowest BCUT2D eigenvalue weighted by Crippen LogP contribution is -2.37. The van der Waals surface area contributed by atoms with Gasteiger partial charge < -0.3 is 20.6 Å². The molecule has 3 N–H and O–H groups in total. The van der Waals surface area contributed by atoms with Gasteiger partial charge in [-0.2, -0.15) is 0 Å². The standard InChI is InChI=1S/C9H20N2.C9H11NO.C3H8/c1-9-3-6-11(7-4-9)8-5-10-2;11-9-2-1-7-3-4-10-6-8(7)5-9;1-3-2/h9-10H,3-8H2,1-2H3;1-2,5,10-11H,3-4,6H2;3H2,1-2H3. The van der Waals surface area contributed by atoms with Crippen molar-refractivity contribution in [1.82, 2.24) is 15.5 Å². The molecule has 1 saturated heterocycles. The van der Waals surface area contributed by atoms with Gasteiger partial charge in [0.1, 0.15) is 5.75 Å². The Labute approximate surface area is 155 Å². The van der Waals surface area contributed by atoms with Gasteiger partial charge in [0.2, 0.25) is 0 Å². The van der Waals surface area contributed by atoms with Crippen LogP contribution in [0.25, 0.3) is 0 Å². The van der Waals surface area contributed by atoms with Crippen LogP contribution in [0.3, 0.4) is 0 Å². The molecule has 0 amide bonds. The number of nitrogens with zero attached hydrogens (tertiary/aromatic N) is 1. The summed E-state index contributed by atoms with van der Waals surface area (Å²) >= 11 is 0. The Bertz CT molecular complexity index is 454. The van der Waals surface area contributed by atoms with Crippen molar-refractivity contribution in [2.45, 2.75) is 53.0 Å². The van der Waals surface area contributed by atoms with Gasteiger partial charge in [-0.15, -0.1) is 0 Å². The lowest BCUT2D eigenvalue weighted by Gasteiger charge is -2.29. The zero-order valence-electron chi connectivity index (χ0n) is 16.8. The molecule has 0 bridgehead atoms. The predicted molar refractivity (Wildman–Crippen MR) is 108 cm³/mol. The first-order valence-corrected chi connectivity index (χ1v) is 9.99. The number of phenolic OH excluding ortho intramolecular Hbond substituents is 1. The molecule has 0 radical (unpaired) electrons. The smallest absolute Gasteiger partial charge is 0.115 e. The Hall–Kier alpha value is -1.10. The van der Waals surface area contributed by atoms with Gasteiger partial charge in [0.25, 0.3) is 0 Å². The molecular formula is C21H39N3O. The van der Waals surface area contributed by atoms with Crippen molar-refractivity contribution in [2.24, 2.45) is 5.92 Å². The molecule has 1 fully saturated rings. The van der Waals surface area contributed by atoms with Crippen molar-refractivity contribution >= 4 is 0 Å². The fourth-order valence-corrected chi connectivity index (χ4v) is 3.02. The van der Waals surface area contributed by atoms with Crippen molar-refractivity contribution in [1.29, 1.82) is 0 Å². The Morgan fingerprint density at radius 1 is 1.20 bits per heavy atom. The maximum Gasteiger partial charge on any atom is 0.115 e. The SMILES string of the molecule is CCC.CNCCN1CCC(C)CC1.Oc1ccc2c(c1)CNCC2. The minimum atomic E-state index is 0.368. The number of phenols is 1. The van der Waals surface area contributed by atoms with E-state index in [1.54, 1.807) is 6.07 Å². The Morgan fingerprint density at radius 2 is 1.88 bits per heavy atom. The molecule has 2 aliphatic heterocycles. The highest BCUT2D eigenvalue weighted by Crippen LogP contribution is 2.19. The summed E-state index contributed by atoms with van der Waals surface area (Å²) in [6, 6.07) is 5.59. The molecule has 144 valence electrons. The zero-order chi connectivity index (χ0) is 18.5.